The summed E-state index contributed by atoms with van der Waals surface area (Å²) in [5, 5.41) is 13.0. The number of piperazine rings is 1. The number of ether oxygens (including phenoxy) is 3. The Morgan fingerprint density at radius 3 is 2.58 bits per heavy atom. The summed E-state index contributed by atoms with van der Waals surface area (Å²) in [4.78, 5) is 25.3. The van der Waals surface area contributed by atoms with Crippen LogP contribution in [0.3, 0.4) is 0 Å². The number of esters is 1. The van der Waals surface area contributed by atoms with E-state index in [1.54, 1.807) is 29.2 Å². The molecule has 0 radical (unpaired) electrons. The second-order valence-electron chi connectivity index (χ2n) is 5.95. The summed E-state index contributed by atoms with van der Waals surface area (Å²) in [5.41, 5.74) is 0. The fourth-order valence-electron chi connectivity index (χ4n) is 2.76. The zero-order valence-electron chi connectivity index (χ0n) is 15.1. The molecule has 26 heavy (non-hydrogen) atoms. The topological polar surface area (TPSA) is 97.3 Å². The molecule has 1 aliphatic heterocycles. The maximum absolute atomic E-state index is 12.0. The second-order valence-corrected chi connectivity index (χ2v) is 5.95. The van der Waals surface area contributed by atoms with E-state index in [-0.39, 0.29) is 25.5 Å². The van der Waals surface area contributed by atoms with Crippen LogP contribution in [0.1, 0.15) is 13.3 Å². The van der Waals surface area contributed by atoms with Gasteiger partial charge < -0.3 is 24.6 Å². The number of nitrogens with zero attached hydrogens (tertiary/aromatic N) is 1. The van der Waals surface area contributed by atoms with Crippen molar-refractivity contribution in [2.45, 2.75) is 25.5 Å². The van der Waals surface area contributed by atoms with Gasteiger partial charge in [0.15, 0.2) is 0 Å². The summed E-state index contributed by atoms with van der Waals surface area (Å²) in [6, 6.07) is 6.49. The Bertz CT molecular complexity index is 592. The van der Waals surface area contributed by atoms with Crippen molar-refractivity contribution in [3.05, 3.63) is 24.3 Å². The average molecular weight is 366 g/mol. The maximum atomic E-state index is 12.0. The molecule has 1 aliphatic rings. The van der Waals surface area contributed by atoms with E-state index in [1.807, 2.05) is 6.92 Å². The van der Waals surface area contributed by atoms with Crippen LogP contribution in [-0.2, 0) is 14.3 Å². The number of aliphatic hydroxyl groups is 1. The molecule has 8 nitrogen and oxygen atoms in total. The molecule has 2 N–H and O–H groups in total. The van der Waals surface area contributed by atoms with Crippen molar-refractivity contribution < 1.29 is 28.9 Å². The first-order valence-electron chi connectivity index (χ1n) is 8.65. The fraction of sp³-hybridized carbons (Fsp3) is 0.556. The van der Waals surface area contributed by atoms with Gasteiger partial charge in [0.1, 0.15) is 24.2 Å². The summed E-state index contributed by atoms with van der Waals surface area (Å²) in [6.45, 7) is 3.84. The molecule has 0 aromatic heterocycles. The molecule has 0 spiro atoms. The van der Waals surface area contributed by atoms with Crippen LogP contribution in [0.15, 0.2) is 24.3 Å². The molecule has 1 saturated heterocycles. The minimum Gasteiger partial charge on any atom is -0.494 e. The van der Waals surface area contributed by atoms with Crippen molar-refractivity contribution in [1.29, 1.82) is 0 Å². The lowest BCUT2D eigenvalue weighted by atomic mass is 10.1. The molecule has 2 rings (SSSR count). The van der Waals surface area contributed by atoms with E-state index in [0.717, 1.165) is 5.75 Å². The first kappa shape index (κ1) is 20.0. The van der Waals surface area contributed by atoms with Crippen LogP contribution in [0.4, 0.5) is 0 Å². The molecule has 2 atom stereocenters. The number of hydrogen-bond acceptors (Lipinski definition) is 7. The highest BCUT2D eigenvalue weighted by atomic mass is 16.5. The zero-order chi connectivity index (χ0) is 18.9. The van der Waals surface area contributed by atoms with Crippen LogP contribution in [0.2, 0.25) is 0 Å². The van der Waals surface area contributed by atoms with Crippen molar-refractivity contribution in [3.63, 3.8) is 0 Å². The highest BCUT2D eigenvalue weighted by molar-refractivity contribution is 5.87. The zero-order valence-corrected chi connectivity index (χ0v) is 15.1. The summed E-state index contributed by atoms with van der Waals surface area (Å²) in [7, 11) is 1.28. The number of carbonyl (C=O) groups excluding carboxylic acids is 2. The van der Waals surface area contributed by atoms with E-state index in [9.17, 15) is 14.7 Å². The van der Waals surface area contributed by atoms with Crippen molar-refractivity contribution in [2.24, 2.45) is 0 Å². The summed E-state index contributed by atoms with van der Waals surface area (Å²) in [6.07, 6.45) is -0.845. The molecule has 0 unspecified atom stereocenters. The summed E-state index contributed by atoms with van der Waals surface area (Å²) >= 11 is 0. The van der Waals surface area contributed by atoms with Gasteiger partial charge in [-0.25, -0.2) is 0 Å². The Kier molecular flexibility index (Phi) is 7.68. The lowest BCUT2D eigenvalue weighted by molar-refractivity contribution is -0.146. The lowest BCUT2D eigenvalue weighted by Crippen LogP contribution is -2.57. The first-order valence-corrected chi connectivity index (χ1v) is 8.65. The predicted molar refractivity (Wildman–Crippen MR) is 94.1 cm³/mol. The van der Waals surface area contributed by atoms with Crippen molar-refractivity contribution >= 4 is 11.9 Å². The number of aliphatic hydroxyl groups excluding tert-OH is 1. The molecule has 144 valence electrons. The average Bonchev–Trinajstić information content (AvgIpc) is 2.64. The van der Waals surface area contributed by atoms with E-state index < -0.39 is 18.1 Å². The minimum atomic E-state index is -0.799. The van der Waals surface area contributed by atoms with E-state index >= 15 is 0 Å². The van der Waals surface area contributed by atoms with Crippen molar-refractivity contribution in [3.8, 4) is 11.5 Å². The Morgan fingerprint density at radius 2 is 1.96 bits per heavy atom. The smallest absolute Gasteiger partial charge is 0.307 e. The largest absolute Gasteiger partial charge is 0.494 e. The van der Waals surface area contributed by atoms with Crippen LogP contribution in [0.25, 0.3) is 0 Å². The van der Waals surface area contributed by atoms with Crippen LogP contribution in [-0.4, -0.2) is 74.0 Å². The fourth-order valence-corrected chi connectivity index (χ4v) is 2.76. The second kappa shape index (κ2) is 9.98. The molecular weight excluding hydrogens is 340 g/mol. The minimum absolute atomic E-state index is 0.0468. The number of benzene rings is 1. The van der Waals surface area contributed by atoms with Gasteiger partial charge in [-0.1, -0.05) is 0 Å². The lowest BCUT2D eigenvalue weighted by Gasteiger charge is -2.35. The third kappa shape index (κ3) is 5.89. The molecule has 0 saturated carbocycles. The van der Waals surface area contributed by atoms with Gasteiger partial charge in [0.25, 0.3) is 0 Å². The van der Waals surface area contributed by atoms with Crippen LogP contribution >= 0.6 is 0 Å². The Balaban J connectivity index is 1.85. The third-order valence-corrected chi connectivity index (χ3v) is 4.05. The van der Waals surface area contributed by atoms with Gasteiger partial charge in [-0.15, -0.1) is 0 Å². The first-order chi connectivity index (χ1) is 12.5. The molecule has 1 amide bonds. The number of β-amino-alcohol motifs (C(OH)–C–C–N with tert-alkyl or cyclic N) is 1. The molecule has 1 aromatic rings. The summed E-state index contributed by atoms with van der Waals surface area (Å²) in [5.74, 6) is 0.679. The molecule has 1 aromatic carbocycles. The normalized spacial score (nSPS) is 18.7. The van der Waals surface area contributed by atoms with Crippen LogP contribution < -0.4 is 14.8 Å². The van der Waals surface area contributed by atoms with Gasteiger partial charge in [0.2, 0.25) is 5.91 Å². The highest BCUT2D eigenvalue weighted by Gasteiger charge is 2.33. The number of carbonyl (C=O) groups is 2. The number of methoxy groups -OCH3 is 1. The van der Waals surface area contributed by atoms with E-state index in [0.29, 0.717) is 25.4 Å². The van der Waals surface area contributed by atoms with Gasteiger partial charge in [-0.2, -0.15) is 0 Å². The SMILES string of the molecule is CCOc1ccc(OC[C@H](O)CN2CCNC(=O)[C@H]2CC(=O)OC)cc1. The van der Waals surface area contributed by atoms with E-state index in [1.165, 1.54) is 7.11 Å². The van der Waals surface area contributed by atoms with Crippen LogP contribution in [0.5, 0.6) is 11.5 Å². The standard InChI is InChI=1S/C18H26N2O6/c1-3-25-14-4-6-15(7-5-14)26-12-13(21)11-20-9-8-19-18(23)16(20)10-17(22)24-2/h4-7,13,16,21H,3,8-12H2,1-2H3,(H,19,23)/t13-,16-/m1/s1. The Labute approximate surface area is 153 Å². The van der Waals surface area contributed by atoms with Crippen LogP contribution in [0, 0.1) is 0 Å². The molecular formula is C18H26N2O6. The Morgan fingerprint density at radius 1 is 1.31 bits per heavy atom. The van der Waals surface area contributed by atoms with Crippen molar-refractivity contribution in [2.75, 3.05) is 40.0 Å². The number of rotatable bonds is 9. The number of nitrogens with one attached hydrogen (secondary N) is 1. The van der Waals surface area contributed by atoms with Crippen molar-refractivity contribution in [1.82, 2.24) is 10.2 Å². The quantitative estimate of drug-likeness (QED) is 0.602. The number of hydrogen-bond donors (Lipinski definition) is 2. The predicted octanol–water partition coefficient (Wildman–Crippen LogP) is 0.189. The molecule has 1 heterocycles. The molecule has 0 aliphatic carbocycles. The molecule has 0 bridgehead atoms. The van der Waals surface area contributed by atoms with Gasteiger partial charge in [0, 0.05) is 19.6 Å². The molecule has 8 heteroatoms. The highest BCUT2D eigenvalue weighted by Crippen LogP contribution is 2.18. The molecule has 1 fully saturated rings. The van der Waals surface area contributed by atoms with Gasteiger partial charge in [-0.05, 0) is 31.2 Å². The van der Waals surface area contributed by atoms with Gasteiger partial charge in [0.05, 0.1) is 26.2 Å². The van der Waals surface area contributed by atoms with E-state index in [2.05, 4.69) is 10.1 Å². The Hall–Kier alpha value is -2.32. The van der Waals surface area contributed by atoms with E-state index in [4.69, 9.17) is 9.47 Å². The monoisotopic (exact) mass is 366 g/mol. The summed E-state index contributed by atoms with van der Waals surface area (Å²) < 4.78 is 15.6. The van der Waals surface area contributed by atoms with Gasteiger partial charge >= 0.3 is 5.97 Å². The maximum Gasteiger partial charge on any atom is 0.307 e. The van der Waals surface area contributed by atoms with Gasteiger partial charge in [-0.3, -0.25) is 14.5 Å². The number of amides is 1. The third-order valence-electron chi connectivity index (χ3n) is 4.05.